The molecule has 1 aliphatic rings. The molecule has 0 aromatic rings. The van der Waals surface area contributed by atoms with Gasteiger partial charge in [-0.05, 0) is 33.5 Å². The minimum Gasteiger partial charge on any atom is -0.395 e. The lowest BCUT2D eigenvalue weighted by Gasteiger charge is -2.36. The summed E-state index contributed by atoms with van der Waals surface area (Å²) in [6, 6.07) is 0.663. The van der Waals surface area contributed by atoms with Crippen molar-refractivity contribution in [1.82, 2.24) is 9.80 Å². The molecule has 1 fully saturated rings. The van der Waals surface area contributed by atoms with Crippen molar-refractivity contribution in [3.8, 4) is 0 Å². The number of aliphatic hydroxyl groups excluding tert-OH is 1. The zero-order valence-corrected chi connectivity index (χ0v) is 8.87. The van der Waals surface area contributed by atoms with E-state index in [0.717, 1.165) is 13.1 Å². The fourth-order valence-electron chi connectivity index (χ4n) is 2.11. The van der Waals surface area contributed by atoms with Crippen LogP contribution < -0.4 is 0 Å². The van der Waals surface area contributed by atoms with Gasteiger partial charge in [0.1, 0.15) is 0 Å². The molecule has 0 aliphatic carbocycles. The summed E-state index contributed by atoms with van der Waals surface area (Å²) in [4.78, 5) is 4.66. The highest BCUT2D eigenvalue weighted by Gasteiger charge is 2.21. The van der Waals surface area contributed by atoms with Gasteiger partial charge in [-0.25, -0.2) is 0 Å². The van der Waals surface area contributed by atoms with Gasteiger partial charge in [0, 0.05) is 19.1 Å². The molecule has 1 rings (SSSR count). The summed E-state index contributed by atoms with van der Waals surface area (Å²) < 4.78 is 0. The van der Waals surface area contributed by atoms with Crippen LogP contribution in [0.25, 0.3) is 0 Å². The van der Waals surface area contributed by atoms with Gasteiger partial charge >= 0.3 is 0 Å². The van der Waals surface area contributed by atoms with Gasteiger partial charge < -0.3 is 10.0 Å². The maximum absolute atomic E-state index is 8.92. The van der Waals surface area contributed by atoms with Crippen molar-refractivity contribution in [3.63, 3.8) is 0 Å². The van der Waals surface area contributed by atoms with Gasteiger partial charge in [0.15, 0.2) is 0 Å². The topological polar surface area (TPSA) is 26.7 Å². The maximum atomic E-state index is 8.92. The number of likely N-dealkylation sites (tertiary alicyclic amines) is 1. The Labute approximate surface area is 81.3 Å². The van der Waals surface area contributed by atoms with Crippen LogP contribution >= 0.6 is 0 Å². The fraction of sp³-hybridized carbons (Fsp3) is 1.00. The minimum absolute atomic E-state index is 0.296. The monoisotopic (exact) mass is 186 g/mol. The molecule has 0 bridgehead atoms. The van der Waals surface area contributed by atoms with Crippen LogP contribution in [0.5, 0.6) is 0 Å². The number of rotatable bonds is 4. The largest absolute Gasteiger partial charge is 0.395 e. The van der Waals surface area contributed by atoms with Crippen molar-refractivity contribution < 1.29 is 5.11 Å². The third-order valence-corrected chi connectivity index (χ3v) is 2.71. The van der Waals surface area contributed by atoms with E-state index >= 15 is 0 Å². The summed E-state index contributed by atoms with van der Waals surface area (Å²) in [6.45, 7) is 3.43. The summed E-state index contributed by atoms with van der Waals surface area (Å²) >= 11 is 0. The molecule has 0 unspecified atom stereocenters. The molecule has 0 radical (unpaired) electrons. The number of nitrogens with zero attached hydrogens (tertiary/aromatic N) is 2. The first-order valence-electron chi connectivity index (χ1n) is 5.23. The molecular weight excluding hydrogens is 164 g/mol. The molecule has 1 N–H and O–H groups in total. The van der Waals surface area contributed by atoms with Crippen molar-refractivity contribution in [2.75, 3.05) is 40.3 Å². The van der Waals surface area contributed by atoms with Crippen LogP contribution in [0.2, 0.25) is 0 Å². The predicted octanol–water partition coefficient (Wildman–Crippen LogP) is 0.395. The molecule has 13 heavy (non-hydrogen) atoms. The predicted molar refractivity (Wildman–Crippen MR) is 54.9 cm³/mol. The maximum Gasteiger partial charge on any atom is 0.0558 e. The number of β-amino-alcohol motifs (C(OH)–C–C–N with tert-alkyl or cyclic N) is 1. The van der Waals surface area contributed by atoms with Crippen molar-refractivity contribution in [2.24, 2.45) is 0 Å². The van der Waals surface area contributed by atoms with Crippen LogP contribution in [0, 0.1) is 0 Å². The summed E-state index contributed by atoms with van der Waals surface area (Å²) in [6.07, 6.45) is 3.93. The Morgan fingerprint density at radius 1 is 1.38 bits per heavy atom. The molecule has 0 aromatic heterocycles. The van der Waals surface area contributed by atoms with Crippen LogP contribution in [-0.4, -0.2) is 61.3 Å². The van der Waals surface area contributed by atoms with E-state index in [-0.39, 0.29) is 0 Å². The molecule has 1 saturated heterocycles. The second-order valence-corrected chi connectivity index (χ2v) is 4.17. The average molecular weight is 186 g/mol. The van der Waals surface area contributed by atoms with Crippen LogP contribution in [0.4, 0.5) is 0 Å². The molecule has 0 amide bonds. The van der Waals surface area contributed by atoms with Crippen LogP contribution in [0.15, 0.2) is 0 Å². The van der Waals surface area contributed by atoms with Crippen molar-refractivity contribution in [3.05, 3.63) is 0 Å². The highest BCUT2D eigenvalue weighted by molar-refractivity contribution is 4.78. The zero-order valence-electron chi connectivity index (χ0n) is 8.87. The van der Waals surface area contributed by atoms with Gasteiger partial charge in [0.25, 0.3) is 0 Å². The summed E-state index contributed by atoms with van der Waals surface area (Å²) in [5.74, 6) is 0. The molecule has 0 spiro atoms. The van der Waals surface area contributed by atoms with E-state index in [4.69, 9.17) is 5.11 Å². The molecule has 1 atom stereocenters. The van der Waals surface area contributed by atoms with Crippen molar-refractivity contribution in [1.29, 1.82) is 0 Å². The first kappa shape index (κ1) is 11.0. The highest BCUT2D eigenvalue weighted by atomic mass is 16.3. The summed E-state index contributed by atoms with van der Waals surface area (Å²) in [7, 11) is 4.23. The average Bonchev–Trinajstić information content (AvgIpc) is 2.08. The van der Waals surface area contributed by atoms with Gasteiger partial charge in [-0.3, -0.25) is 4.90 Å². The summed E-state index contributed by atoms with van der Waals surface area (Å²) in [5.41, 5.74) is 0. The first-order valence-corrected chi connectivity index (χ1v) is 5.23. The second-order valence-electron chi connectivity index (χ2n) is 4.17. The fourth-order valence-corrected chi connectivity index (χ4v) is 2.11. The highest BCUT2D eigenvalue weighted by Crippen LogP contribution is 2.16. The van der Waals surface area contributed by atoms with E-state index in [9.17, 15) is 0 Å². The Bertz CT molecular complexity index is 137. The van der Waals surface area contributed by atoms with Crippen LogP contribution in [0.1, 0.15) is 19.3 Å². The molecule has 1 heterocycles. The van der Waals surface area contributed by atoms with E-state index in [1.807, 2.05) is 0 Å². The number of piperidine rings is 1. The Morgan fingerprint density at radius 2 is 2.15 bits per heavy atom. The Kier molecular flexibility index (Phi) is 4.70. The van der Waals surface area contributed by atoms with Gasteiger partial charge in [0.2, 0.25) is 0 Å². The minimum atomic E-state index is 0.296. The molecule has 78 valence electrons. The van der Waals surface area contributed by atoms with E-state index < -0.39 is 0 Å². The smallest absolute Gasteiger partial charge is 0.0558 e. The van der Waals surface area contributed by atoms with Crippen molar-refractivity contribution in [2.45, 2.75) is 25.3 Å². The van der Waals surface area contributed by atoms with E-state index in [1.54, 1.807) is 0 Å². The molecule has 3 heteroatoms. The molecule has 0 aromatic carbocycles. The second kappa shape index (κ2) is 5.58. The van der Waals surface area contributed by atoms with Crippen LogP contribution in [0.3, 0.4) is 0 Å². The van der Waals surface area contributed by atoms with Crippen molar-refractivity contribution >= 4 is 0 Å². The van der Waals surface area contributed by atoms with Crippen LogP contribution in [-0.2, 0) is 0 Å². The quantitative estimate of drug-likeness (QED) is 0.688. The van der Waals surface area contributed by atoms with E-state index in [2.05, 4.69) is 23.9 Å². The SMILES string of the molecule is CN(C)C[C@@H]1CCCCN1CCO. The summed E-state index contributed by atoms with van der Waals surface area (Å²) in [5, 5.41) is 8.92. The third-order valence-electron chi connectivity index (χ3n) is 2.71. The number of hydrogen-bond donors (Lipinski definition) is 1. The Balaban J connectivity index is 2.36. The number of hydrogen-bond acceptors (Lipinski definition) is 3. The lowest BCUT2D eigenvalue weighted by molar-refractivity contribution is 0.0980. The first-order chi connectivity index (χ1) is 6.24. The number of aliphatic hydroxyl groups is 1. The molecule has 1 aliphatic heterocycles. The van der Waals surface area contributed by atoms with Gasteiger partial charge in [0.05, 0.1) is 6.61 Å². The lowest BCUT2D eigenvalue weighted by Crippen LogP contribution is -2.46. The third kappa shape index (κ3) is 3.63. The molecular formula is C10H22N2O. The van der Waals surface area contributed by atoms with E-state index in [0.29, 0.717) is 12.6 Å². The lowest BCUT2D eigenvalue weighted by atomic mass is 10.0. The zero-order chi connectivity index (χ0) is 9.68. The van der Waals surface area contributed by atoms with Gasteiger partial charge in [-0.15, -0.1) is 0 Å². The van der Waals surface area contributed by atoms with Gasteiger partial charge in [-0.2, -0.15) is 0 Å². The Morgan fingerprint density at radius 3 is 2.77 bits per heavy atom. The normalized spacial score (nSPS) is 25.4. The van der Waals surface area contributed by atoms with E-state index in [1.165, 1.54) is 25.8 Å². The Hall–Kier alpha value is -0.120. The van der Waals surface area contributed by atoms with Gasteiger partial charge in [-0.1, -0.05) is 6.42 Å². The molecule has 0 saturated carbocycles. The number of likely N-dealkylation sites (N-methyl/N-ethyl adjacent to an activating group) is 1. The molecule has 3 nitrogen and oxygen atoms in total. The standard InChI is InChI=1S/C10H22N2O/c1-11(2)9-10-5-3-4-6-12(10)7-8-13/h10,13H,3-9H2,1-2H3/t10-/m0/s1.